The minimum absolute atomic E-state index is 0.00801. The molecule has 0 heterocycles. The molecular formula is C11H15NO. The highest BCUT2D eigenvalue weighted by molar-refractivity contribution is 6.38. The Kier molecular flexibility index (Phi) is 5.44. The first kappa shape index (κ1) is 11.6. The van der Waals surface area contributed by atoms with Gasteiger partial charge in [-0.05, 0) is 19.9 Å². The minimum Gasteiger partial charge on any atom is -0.293 e. The van der Waals surface area contributed by atoms with Gasteiger partial charge in [-0.25, -0.2) is 0 Å². The Morgan fingerprint density at radius 3 is 2.38 bits per heavy atom. The van der Waals surface area contributed by atoms with Crippen molar-refractivity contribution in [2.75, 3.05) is 0 Å². The van der Waals surface area contributed by atoms with Crippen molar-refractivity contribution in [3.05, 3.63) is 36.6 Å². The Labute approximate surface area is 79.4 Å². The molecule has 2 nitrogen and oxygen atoms in total. The van der Waals surface area contributed by atoms with Gasteiger partial charge in [0.2, 0.25) is 0 Å². The summed E-state index contributed by atoms with van der Waals surface area (Å²) in [5, 5.41) is 0. The maximum absolute atomic E-state index is 10.9. The average Bonchev–Trinajstić information content (AvgIpc) is 2.11. The first-order chi connectivity index (χ1) is 6.11. The van der Waals surface area contributed by atoms with Crippen molar-refractivity contribution < 1.29 is 4.79 Å². The maximum atomic E-state index is 10.9. The van der Waals surface area contributed by atoms with E-state index < -0.39 is 0 Å². The van der Waals surface area contributed by atoms with Crippen molar-refractivity contribution in [2.24, 2.45) is 4.99 Å². The number of hydrogen-bond acceptors (Lipinski definition) is 2. The number of rotatable bonds is 4. The summed E-state index contributed by atoms with van der Waals surface area (Å²) in [7, 11) is 0. The molecular weight excluding hydrogens is 162 g/mol. The fraction of sp³-hybridized carbons (Fsp3) is 0.273. The van der Waals surface area contributed by atoms with Crippen LogP contribution in [-0.4, -0.2) is 11.5 Å². The molecule has 0 aliphatic heterocycles. The van der Waals surface area contributed by atoms with Crippen LogP contribution in [-0.2, 0) is 4.79 Å². The van der Waals surface area contributed by atoms with E-state index in [0.29, 0.717) is 5.71 Å². The zero-order chi connectivity index (χ0) is 10.3. The van der Waals surface area contributed by atoms with Gasteiger partial charge in [0.1, 0.15) is 0 Å². The van der Waals surface area contributed by atoms with Gasteiger partial charge in [-0.3, -0.25) is 9.79 Å². The molecule has 2 heteroatoms. The third-order valence-electron chi connectivity index (χ3n) is 1.51. The zero-order valence-corrected chi connectivity index (χ0v) is 8.37. The van der Waals surface area contributed by atoms with Crippen molar-refractivity contribution in [1.82, 2.24) is 0 Å². The number of allylic oxidation sites excluding steroid dienone is 4. The van der Waals surface area contributed by atoms with Crippen LogP contribution in [0.25, 0.3) is 0 Å². The van der Waals surface area contributed by atoms with Crippen LogP contribution < -0.4 is 0 Å². The predicted octanol–water partition coefficient (Wildman–Crippen LogP) is 2.68. The van der Waals surface area contributed by atoms with Crippen LogP contribution in [0, 0.1) is 0 Å². The number of nitrogens with zero attached hydrogens (tertiary/aromatic N) is 1. The lowest BCUT2D eigenvalue weighted by Crippen LogP contribution is -2.04. The Morgan fingerprint density at radius 1 is 1.38 bits per heavy atom. The second-order valence-electron chi connectivity index (χ2n) is 2.56. The van der Waals surface area contributed by atoms with Crippen LogP contribution in [0.15, 0.2) is 41.6 Å². The Balaban J connectivity index is 4.64. The van der Waals surface area contributed by atoms with Gasteiger partial charge in [0.25, 0.3) is 0 Å². The molecule has 70 valence electrons. The second kappa shape index (κ2) is 6.12. The molecule has 0 radical (unpaired) electrons. The lowest BCUT2D eigenvalue weighted by molar-refractivity contribution is -0.111. The van der Waals surface area contributed by atoms with Gasteiger partial charge in [-0.15, -0.1) is 0 Å². The SMILES string of the molecule is C=C\C=C/C(=C\C)/N=C(\C)C(C)=O. The number of Topliss-reactive ketones (excluding diaryl/α,β-unsaturated/α-hetero) is 1. The molecule has 0 atom stereocenters. The highest BCUT2D eigenvalue weighted by Gasteiger charge is 1.97. The highest BCUT2D eigenvalue weighted by Crippen LogP contribution is 2.00. The van der Waals surface area contributed by atoms with Crippen molar-refractivity contribution in [2.45, 2.75) is 20.8 Å². The molecule has 0 saturated heterocycles. The topological polar surface area (TPSA) is 29.4 Å². The molecule has 0 aliphatic carbocycles. The fourth-order valence-electron chi connectivity index (χ4n) is 0.637. The molecule has 0 aromatic rings. The number of aliphatic imine (C=N–C) groups is 1. The van der Waals surface area contributed by atoms with Crippen LogP contribution >= 0.6 is 0 Å². The van der Waals surface area contributed by atoms with E-state index in [1.54, 1.807) is 25.2 Å². The molecule has 0 unspecified atom stereocenters. The lowest BCUT2D eigenvalue weighted by Gasteiger charge is -1.95. The van der Waals surface area contributed by atoms with E-state index in [-0.39, 0.29) is 5.78 Å². The molecule has 13 heavy (non-hydrogen) atoms. The van der Waals surface area contributed by atoms with Gasteiger partial charge in [0.05, 0.1) is 11.4 Å². The summed E-state index contributed by atoms with van der Waals surface area (Å²) in [4.78, 5) is 15.0. The molecule has 0 aromatic heterocycles. The van der Waals surface area contributed by atoms with E-state index in [2.05, 4.69) is 11.6 Å². The number of hydrogen-bond donors (Lipinski definition) is 0. The molecule has 0 fully saturated rings. The van der Waals surface area contributed by atoms with E-state index in [0.717, 1.165) is 5.70 Å². The Bertz CT molecular complexity index is 282. The van der Waals surface area contributed by atoms with Gasteiger partial charge in [-0.2, -0.15) is 0 Å². The maximum Gasteiger partial charge on any atom is 0.173 e. The van der Waals surface area contributed by atoms with E-state index in [9.17, 15) is 4.79 Å². The lowest BCUT2D eigenvalue weighted by atomic mass is 10.3. The summed E-state index contributed by atoms with van der Waals surface area (Å²) in [5.74, 6) is -0.00801. The van der Waals surface area contributed by atoms with Crippen LogP contribution in [0.5, 0.6) is 0 Å². The van der Waals surface area contributed by atoms with Crippen LogP contribution in [0.4, 0.5) is 0 Å². The normalized spacial score (nSPS) is 13.5. The summed E-state index contributed by atoms with van der Waals surface area (Å²) in [6, 6.07) is 0. The second-order valence-corrected chi connectivity index (χ2v) is 2.56. The van der Waals surface area contributed by atoms with Crippen molar-refractivity contribution in [3.63, 3.8) is 0 Å². The van der Waals surface area contributed by atoms with Crippen LogP contribution in [0.1, 0.15) is 20.8 Å². The number of carbonyl (C=O) groups is 1. The molecule has 0 bridgehead atoms. The van der Waals surface area contributed by atoms with Crippen LogP contribution in [0.2, 0.25) is 0 Å². The summed E-state index contributed by atoms with van der Waals surface area (Å²) >= 11 is 0. The van der Waals surface area contributed by atoms with Crippen LogP contribution in [0.3, 0.4) is 0 Å². The van der Waals surface area contributed by atoms with E-state index in [1.807, 2.05) is 13.0 Å². The van der Waals surface area contributed by atoms with Gasteiger partial charge >= 0.3 is 0 Å². The fourth-order valence-corrected chi connectivity index (χ4v) is 0.637. The van der Waals surface area contributed by atoms with Gasteiger partial charge in [-0.1, -0.05) is 24.8 Å². The van der Waals surface area contributed by atoms with Gasteiger partial charge in [0, 0.05) is 6.92 Å². The molecule has 0 spiro atoms. The first-order valence-electron chi connectivity index (χ1n) is 4.13. The molecule has 0 saturated carbocycles. The monoisotopic (exact) mass is 177 g/mol. The zero-order valence-electron chi connectivity index (χ0n) is 8.37. The summed E-state index contributed by atoms with van der Waals surface area (Å²) in [6.45, 7) is 8.63. The van der Waals surface area contributed by atoms with E-state index in [4.69, 9.17) is 0 Å². The molecule has 0 aliphatic rings. The summed E-state index contributed by atoms with van der Waals surface area (Å²) in [5.41, 5.74) is 1.29. The van der Waals surface area contributed by atoms with Crippen molar-refractivity contribution in [3.8, 4) is 0 Å². The first-order valence-corrected chi connectivity index (χ1v) is 4.13. The smallest absolute Gasteiger partial charge is 0.173 e. The molecule has 0 amide bonds. The minimum atomic E-state index is -0.00801. The summed E-state index contributed by atoms with van der Waals surface area (Å²) in [6.07, 6.45) is 7.10. The van der Waals surface area contributed by atoms with E-state index in [1.165, 1.54) is 6.92 Å². The molecule has 0 aromatic carbocycles. The molecule has 0 rings (SSSR count). The van der Waals surface area contributed by atoms with Crippen molar-refractivity contribution >= 4 is 11.5 Å². The number of ketones is 1. The Morgan fingerprint density at radius 2 is 2.00 bits per heavy atom. The van der Waals surface area contributed by atoms with Gasteiger partial charge in [0.15, 0.2) is 5.78 Å². The Hall–Kier alpha value is -1.44. The average molecular weight is 177 g/mol. The predicted molar refractivity (Wildman–Crippen MR) is 56.9 cm³/mol. The highest BCUT2D eigenvalue weighted by atomic mass is 16.1. The van der Waals surface area contributed by atoms with E-state index >= 15 is 0 Å². The van der Waals surface area contributed by atoms with Gasteiger partial charge < -0.3 is 0 Å². The van der Waals surface area contributed by atoms with Crippen molar-refractivity contribution in [1.29, 1.82) is 0 Å². The number of carbonyl (C=O) groups excluding carboxylic acids is 1. The summed E-state index contributed by atoms with van der Waals surface area (Å²) < 4.78 is 0. The quantitative estimate of drug-likeness (QED) is 0.479. The largest absolute Gasteiger partial charge is 0.293 e. The third kappa shape index (κ3) is 4.90. The standard InChI is InChI=1S/C11H15NO/c1-5-7-8-11(6-2)12-9(3)10(4)13/h5-8H,1H2,2-4H3/b8-7-,11-6+,12-9+. The third-order valence-corrected chi connectivity index (χ3v) is 1.51. The molecule has 0 N–H and O–H groups in total.